The predicted molar refractivity (Wildman–Crippen MR) is 143 cm³/mol. The van der Waals surface area contributed by atoms with Crippen molar-refractivity contribution < 1.29 is 27.8 Å². The largest absolute Gasteiger partial charge is 0.461 e. The van der Waals surface area contributed by atoms with Crippen LogP contribution >= 0.6 is 31.9 Å². The molecule has 0 radical (unpaired) electrons. The van der Waals surface area contributed by atoms with Gasteiger partial charge in [0.25, 0.3) is 0 Å². The number of H-pyrrole nitrogens is 2. The van der Waals surface area contributed by atoms with Crippen LogP contribution in [0.1, 0.15) is 25.0 Å². The number of aromatic nitrogens is 2. The molecule has 0 amide bonds. The van der Waals surface area contributed by atoms with Crippen molar-refractivity contribution in [3.05, 3.63) is 80.5 Å². The van der Waals surface area contributed by atoms with E-state index in [0.29, 0.717) is 11.1 Å². The maximum atomic E-state index is 13.5. The van der Waals surface area contributed by atoms with Crippen LogP contribution in [0.15, 0.2) is 69.4 Å². The van der Waals surface area contributed by atoms with Gasteiger partial charge in [0.1, 0.15) is 0 Å². The van der Waals surface area contributed by atoms with Gasteiger partial charge in [-0.1, -0.05) is 31.9 Å². The fourth-order valence-corrected chi connectivity index (χ4v) is 3.98. The summed E-state index contributed by atoms with van der Waals surface area (Å²) < 4.78 is 38.0. The summed E-state index contributed by atoms with van der Waals surface area (Å²) in [6.45, 7) is 3.57. The Morgan fingerprint density at radius 3 is 1.53 bits per heavy atom. The second-order valence-corrected chi connectivity index (χ2v) is 9.12. The van der Waals surface area contributed by atoms with E-state index >= 15 is 0 Å². The highest BCUT2D eigenvalue weighted by molar-refractivity contribution is 9.10. The van der Waals surface area contributed by atoms with Crippen molar-refractivity contribution >= 4 is 77.8 Å². The first-order valence-corrected chi connectivity index (χ1v) is 12.4. The molecule has 0 saturated heterocycles. The van der Waals surface area contributed by atoms with E-state index in [9.17, 15) is 18.4 Å². The lowest BCUT2D eigenvalue weighted by molar-refractivity contribution is -0.140. The Balaban J connectivity index is 0.000000201. The van der Waals surface area contributed by atoms with Crippen molar-refractivity contribution in [3.8, 4) is 0 Å². The highest BCUT2D eigenvalue weighted by Gasteiger charge is 2.12. The maximum absolute atomic E-state index is 13.5. The fraction of sp³-hybridized carbons (Fsp3) is 0.154. The second kappa shape index (κ2) is 12.6. The molecular weight excluding hydrogens is 602 g/mol. The summed E-state index contributed by atoms with van der Waals surface area (Å²) in [7, 11) is 0. The van der Waals surface area contributed by atoms with Gasteiger partial charge in [-0.2, -0.15) is 8.78 Å². The summed E-state index contributed by atoms with van der Waals surface area (Å²) in [5.41, 5.74) is 2.97. The Labute approximate surface area is 222 Å². The van der Waals surface area contributed by atoms with E-state index in [1.54, 1.807) is 26.2 Å². The van der Waals surface area contributed by atoms with Crippen molar-refractivity contribution in [3.63, 3.8) is 0 Å². The molecule has 0 spiro atoms. The zero-order valence-electron chi connectivity index (χ0n) is 19.3. The van der Waals surface area contributed by atoms with Gasteiger partial charge in [0.15, 0.2) is 0 Å². The number of aromatic amines is 2. The minimum absolute atomic E-state index is 0.152. The highest BCUT2D eigenvalue weighted by atomic mass is 79.9. The van der Waals surface area contributed by atoms with Crippen LogP contribution in [-0.2, 0) is 19.1 Å². The lowest BCUT2D eigenvalue weighted by Gasteiger charge is -1.98. The molecule has 0 fully saturated rings. The van der Waals surface area contributed by atoms with Crippen LogP contribution in [0.2, 0.25) is 0 Å². The molecule has 0 atom stereocenters. The van der Waals surface area contributed by atoms with Crippen molar-refractivity contribution in [2.75, 3.05) is 13.2 Å². The first kappa shape index (κ1) is 27.3. The van der Waals surface area contributed by atoms with Crippen molar-refractivity contribution in [2.24, 2.45) is 0 Å². The van der Waals surface area contributed by atoms with E-state index in [4.69, 9.17) is 0 Å². The molecular formula is C26H22Br2F2N2O4. The quantitative estimate of drug-likeness (QED) is 0.171. The van der Waals surface area contributed by atoms with Crippen molar-refractivity contribution in [1.29, 1.82) is 0 Å². The Morgan fingerprint density at radius 1 is 0.778 bits per heavy atom. The van der Waals surface area contributed by atoms with Crippen LogP contribution in [0, 0.1) is 0 Å². The second-order valence-electron chi connectivity index (χ2n) is 7.29. The number of halogens is 4. The van der Waals surface area contributed by atoms with Crippen LogP contribution in [0.4, 0.5) is 8.78 Å². The molecule has 6 nitrogen and oxygen atoms in total. The minimum atomic E-state index is -0.943. The topological polar surface area (TPSA) is 84.2 Å². The molecule has 188 valence electrons. The zero-order valence-corrected chi connectivity index (χ0v) is 22.5. The lowest BCUT2D eigenvalue weighted by Crippen LogP contribution is -2.03. The predicted octanol–water partition coefficient (Wildman–Crippen LogP) is 7.61. The van der Waals surface area contributed by atoms with E-state index in [-0.39, 0.29) is 13.2 Å². The van der Waals surface area contributed by atoms with Gasteiger partial charge in [-0.3, -0.25) is 0 Å². The number of fused-ring (bicyclic) bond motifs is 2. The molecule has 2 N–H and O–H groups in total. The number of hydrogen-bond donors (Lipinski definition) is 2. The van der Waals surface area contributed by atoms with Gasteiger partial charge in [-0.25, -0.2) is 9.59 Å². The number of hydrogen-bond acceptors (Lipinski definition) is 4. The van der Waals surface area contributed by atoms with Gasteiger partial charge in [-0.15, -0.1) is 0 Å². The molecule has 36 heavy (non-hydrogen) atoms. The molecule has 2 heterocycles. The monoisotopic (exact) mass is 622 g/mol. The van der Waals surface area contributed by atoms with Crippen LogP contribution in [0.25, 0.3) is 34.0 Å². The molecule has 2 aromatic carbocycles. The van der Waals surface area contributed by atoms with E-state index < -0.39 is 23.6 Å². The Morgan fingerprint density at radius 2 is 1.17 bits per heavy atom. The smallest absolute Gasteiger partial charge is 0.367 e. The van der Waals surface area contributed by atoms with Gasteiger partial charge in [-0.05, 0) is 62.4 Å². The molecule has 0 aliphatic heterocycles. The van der Waals surface area contributed by atoms with E-state index in [2.05, 4.69) is 51.3 Å². The average molecular weight is 624 g/mol. The number of benzene rings is 2. The molecule has 0 aliphatic rings. The Hall–Kier alpha value is -3.24. The van der Waals surface area contributed by atoms with E-state index in [1.807, 2.05) is 36.4 Å². The third kappa shape index (κ3) is 6.92. The number of ether oxygens (including phenoxy) is 2. The molecule has 0 unspecified atom stereocenters. The zero-order chi connectivity index (χ0) is 26.2. The molecule has 0 saturated carbocycles. The number of esters is 2. The number of carbonyl (C=O) groups excluding carboxylic acids is 2. The maximum Gasteiger partial charge on any atom is 0.367 e. The van der Waals surface area contributed by atoms with Gasteiger partial charge in [0.2, 0.25) is 11.7 Å². The summed E-state index contributed by atoms with van der Waals surface area (Å²) in [5.74, 6) is -3.70. The highest BCUT2D eigenvalue weighted by Crippen LogP contribution is 2.26. The van der Waals surface area contributed by atoms with Gasteiger partial charge >= 0.3 is 11.9 Å². The summed E-state index contributed by atoms with van der Waals surface area (Å²) in [4.78, 5) is 28.4. The third-order valence-corrected chi connectivity index (χ3v) is 5.84. The molecule has 0 bridgehead atoms. The van der Waals surface area contributed by atoms with Crippen LogP contribution in [-0.4, -0.2) is 35.1 Å². The number of carbonyl (C=O) groups is 2. The van der Waals surface area contributed by atoms with Crippen molar-refractivity contribution in [2.45, 2.75) is 13.8 Å². The molecule has 10 heteroatoms. The summed E-state index contributed by atoms with van der Waals surface area (Å²) in [6, 6.07) is 11.2. The minimum Gasteiger partial charge on any atom is -0.461 e. The average Bonchev–Trinajstić information content (AvgIpc) is 3.43. The number of rotatable bonds is 6. The Bertz CT molecular complexity index is 1350. The molecule has 4 aromatic rings. The first-order valence-electron chi connectivity index (χ1n) is 10.8. The van der Waals surface area contributed by atoms with E-state index in [0.717, 1.165) is 30.8 Å². The summed E-state index contributed by atoms with van der Waals surface area (Å²) in [6.07, 6.45) is 5.64. The third-order valence-electron chi connectivity index (χ3n) is 4.86. The summed E-state index contributed by atoms with van der Waals surface area (Å²) in [5, 5.41) is 1.67. The van der Waals surface area contributed by atoms with Gasteiger partial charge < -0.3 is 19.4 Å². The molecule has 0 aliphatic carbocycles. The first-order chi connectivity index (χ1) is 17.2. The SMILES string of the molecule is CCOC(=O)/C(F)=C/c1c[nH]c2ccc(Br)cc12.CCOC(=O)/C(F)=C\c1c[nH]c2ccc(Br)cc12. The van der Waals surface area contributed by atoms with Gasteiger partial charge in [0, 0.05) is 54.3 Å². The summed E-state index contributed by atoms with van der Waals surface area (Å²) >= 11 is 6.70. The standard InChI is InChI=1S/2C13H11BrFNO2/c2*1-2-18-13(17)11(15)5-8-7-16-12-4-3-9(14)6-10(8)12/h2*3-7,16H,2H2,1H3/b11-5+;11-5-. The molecule has 4 rings (SSSR count). The lowest BCUT2D eigenvalue weighted by atomic mass is 10.1. The number of nitrogens with one attached hydrogen (secondary N) is 2. The molecule has 2 aromatic heterocycles. The van der Waals surface area contributed by atoms with Crippen molar-refractivity contribution in [1.82, 2.24) is 9.97 Å². The van der Waals surface area contributed by atoms with Crippen LogP contribution in [0.3, 0.4) is 0 Å². The Kier molecular flexibility index (Phi) is 9.60. The van der Waals surface area contributed by atoms with Crippen LogP contribution < -0.4 is 0 Å². The van der Waals surface area contributed by atoms with Crippen LogP contribution in [0.5, 0.6) is 0 Å². The fourth-order valence-electron chi connectivity index (χ4n) is 3.26. The van der Waals surface area contributed by atoms with E-state index in [1.165, 1.54) is 12.2 Å². The normalized spacial score (nSPS) is 11.8. The van der Waals surface area contributed by atoms with Gasteiger partial charge in [0.05, 0.1) is 13.2 Å².